The number of aliphatic imine (C=N–C) groups is 2. The minimum Gasteiger partial charge on any atom is -0.496 e. The smallest absolute Gasteiger partial charge is 0.243 e. The lowest BCUT2D eigenvalue weighted by molar-refractivity contribution is -0.129. The third kappa shape index (κ3) is 4.87. The van der Waals surface area contributed by atoms with E-state index in [1.165, 1.54) is 0 Å². The van der Waals surface area contributed by atoms with E-state index < -0.39 is 0 Å². The van der Waals surface area contributed by atoms with E-state index in [1.807, 2.05) is 35.5 Å². The summed E-state index contributed by atoms with van der Waals surface area (Å²) in [5.41, 5.74) is 5.46. The van der Waals surface area contributed by atoms with Crippen LogP contribution in [0.1, 0.15) is 36.8 Å². The third-order valence-electron chi connectivity index (χ3n) is 5.18. The Morgan fingerprint density at radius 1 is 1.26 bits per heavy atom. The number of halogens is 1. The van der Waals surface area contributed by atoms with Gasteiger partial charge in [0.25, 0.3) is 0 Å². The monoisotopic (exact) mass is 458 g/mol. The molecule has 4 rings (SSSR count). The van der Waals surface area contributed by atoms with Gasteiger partial charge in [-0.1, -0.05) is 24.1 Å². The number of hydrogen-bond acceptors (Lipinski definition) is 7. The van der Waals surface area contributed by atoms with Gasteiger partial charge in [-0.15, -0.1) is 11.8 Å². The highest BCUT2D eigenvalue weighted by molar-refractivity contribution is 7.99. The largest absolute Gasteiger partial charge is 0.496 e. The van der Waals surface area contributed by atoms with E-state index in [2.05, 4.69) is 11.1 Å². The van der Waals surface area contributed by atoms with Crippen molar-refractivity contribution >= 4 is 52.8 Å². The molecule has 31 heavy (non-hydrogen) atoms. The van der Waals surface area contributed by atoms with Crippen molar-refractivity contribution in [2.45, 2.75) is 37.1 Å². The molecule has 2 aliphatic rings. The zero-order valence-corrected chi connectivity index (χ0v) is 18.7. The maximum absolute atomic E-state index is 11.1. The average Bonchev–Trinajstić information content (AvgIpc) is 2.79. The number of benzene rings is 2. The number of fused-ring (bicyclic) bond motifs is 4. The summed E-state index contributed by atoms with van der Waals surface area (Å²) in [6.45, 7) is 0.699. The van der Waals surface area contributed by atoms with Gasteiger partial charge in [0.15, 0.2) is 0 Å². The Balaban J connectivity index is 1.52. The fraction of sp³-hybridized carbons (Fsp3) is 0.318. The van der Waals surface area contributed by atoms with Crippen LogP contribution in [0.4, 0.5) is 11.4 Å². The number of carbonyl (C=O) groups excluding carboxylic acids is 1. The van der Waals surface area contributed by atoms with E-state index in [9.17, 15) is 4.79 Å². The fourth-order valence-electron chi connectivity index (χ4n) is 3.56. The molecule has 2 N–H and O–H groups in total. The third-order valence-corrected chi connectivity index (χ3v) is 6.53. The molecule has 0 atom stereocenters. The first-order valence-electron chi connectivity index (χ1n) is 10.0. The SMILES string of the molecule is COc1cc2c(cc1SCCCCCC(=O)NO)C1=Nc3cc(Cl)ccc3CN1C=N2. The van der Waals surface area contributed by atoms with Crippen LogP contribution in [0.2, 0.25) is 5.02 Å². The molecule has 2 aromatic carbocycles. The van der Waals surface area contributed by atoms with E-state index in [4.69, 9.17) is 26.5 Å². The first-order valence-corrected chi connectivity index (χ1v) is 11.4. The normalized spacial score (nSPS) is 13.8. The number of hydroxylamine groups is 1. The summed E-state index contributed by atoms with van der Waals surface area (Å²) >= 11 is 7.89. The second-order valence-corrected chi connectivity index (χ2v) is 8.87. The maximum Gasteiger partial charge on any atom is 0.243 e. The Morgan fingerprint density at radius 3 is 2.94 bits per heavy atom. The highest BCUT2D eigenvalue weighted by Gasteiger charge is 2.26. The molecular formula is C22H23ClN4O3S. The lowest BCUT2D eigenvalue weighted by Crippen LogP contribution is -2.34. The van der Waals surface area contributed by atoms with Crippen LogP contribution in [-0.4, -0.2) is 41.1 Å². The van der Waals surface area contributed by atoms with Crippen LogP contribution in [0.25, 0.3) is 0 Å². The van der Waals surface area contributed by atoms with Crippen molar-refractivity contribution in [3.05, 3.63) is 46.5 Å². The first kappa shape index (κ1) is 21.7. The Bertz CT molecular complexity index is 1060. The molecule has 162 valence electrons. The number of unbranched alkanes of at least 4 members (excludes halogenated alkanes) is 2. The quantitative estimate of drug-likeness (QED) is 0.249. The Hall–Kier alpha value is -2.55. The Morgan fingerprint density at radius 2 is 2.13 bits per heavy atom. The maximum atomic E-state index is 11.1. The molecule has 2 aromatic rings. The van der Waals surface area contributed by atoms with Crippen LogP contribution in [0.5, 0.6) is 5.75 Å². The summed E-state index contributed by atoms with van der Waals surface area (Å²) in [6, 6.07) is 9.82. The van der Waals surface area contributed by atoms with Gasteiger partial charge >= 0.3 is 0 Å². The number of ether oxygens (including phenoxy) is 1. The van der Waals surface area contributed by atoms with Crippen molar-refractivity contribution in [1.82, 2.24) is 10.4 Å². The predicted molar refractivity (Wildman–Crippen MR) is 123 cm³/mol. The number of nitrogens with one attached hydrogen (secondary N) is 1. The number of nitrogens with zero attached hydrogens (tertiary/aromatic N) is 3. The van der Waals surface area contributed by atoms with Crippen LogP contribution in [0.3, 0.4) is 0 Å². The van der Waals surface area contributed by atoms with E-state index in [0.29, 0.717) is 18.0 Å². The summed E-state index contributed by atoms with van der Waals surface area (Å²) in [7, 11) is 1.66. The molecule has 7 nitrogen and oxygen atoms in total. The number of amides is 1. The van der Waals surface area contributed by atoms with Crippen molar-refractivity contribution in [3.8, 4) is 5.75 Å². The number of hydrogen-bond donors (Lipinski definition) is 2. The Labute approximate surface area is 190 Å². The molecule has 0 aliphatic carbocycles. The molecule has 0 fully saturated rings. The lowest BCUT2D eigenvalue weighted by Gasteiger charge is -2.30. The lowest BCUT2D eigenvalue weighted by atomic mass is 10.1. The minimum absolute atomic E-state index is 0.336. The molecule has 0 aromatic heterocycles. The fourth-order valence-corrected chi connectivity index (χ4v) is 4.78. The van der Waals surface area contributed by atoms with Crippen LogP contribution >= 0.6 is 23.4 Å². The summed E-state index contributed by atoms with van der Waals surface area (Å²) < 4.78 is 5.60. The topological polar surface area (TPSA) is 86.5 Å². The van der Waals surface area contributed by atoms with Crippen LogP contribution < -0.4 is 10.2 Å². The number of carbonyl (C=O) groups is 1. The van der Waals surface area contributed by atoms with Gasteiger partial charge in [-0.3, -0.25) is 10.0 Å². The molecule has 0 saturated heterocycles. The molecule has 2 heterocycles. The number of thioether (sulfide) groups is 1. The molecule has 0 saturated carbocycles. The Kier molecular flexibility index (Phi) is 6.80. The van der Waals surface area contributed by atoms with Crippen molar-refractivity contribution in [2.24, 2.45) is 9.98 Å². The van der Waals surface area contributed by atoms with Crippen LogP contribution in [0.15, 0.2) is 45.2 Å². The van der Waals surface area contributed by atoms with Gasteiger partial charge in [-0.05, 0) is 42.4 Å². The van der Waals surface area contributed by atoms with Gasteiger partial charge in [-0.2, -0.15) is 0 Å². The van der Waals surface area contributed by atoms with Gasteiger partial charge in [0.1, 0.15) is 11.6 Å². The summed E-state index contributed by atoms with van der Waals surface area (Å²) in [6.07, 6.45) is 4.77. The van der Waals surface area contributed by atoms with Gasteiger partial charge in [0, 0.05) is 23.1 Å². The van der Waals surface area contributed by atoms with E-state index in [-0.39, 0.29) is 5.91 Å². The van der Waals surface area contributed by atoms with Gasteiger partial charge < -0.3 is 9.64 Å². The summed E-state index contributed by atoms with van der Waals surface area (Å²) in [5.74, 6) is 2.20. The van der Waals surface area contributed by atoms with Crippen LogP contribution in [0, 0.1) is 0 Å². The van der Waals surface area contributed by atoms with Crippen molar-refractivity contribution in [1.29, 1.82) is 0 Å². The van der Waals surface area contributed by atoms with Crippen molar-refractivity contribution in [2.75, 3.05) is 12.9 Å². The van der Waals surface area contributed by atoms with Crippen molar-refractivity contribution < 1.29 is 14.7 Å². The highest BCUT2D eigenvalue weighted by Crippen LogP contribution is 2.40. The first-order chi connectivity index (χ1) is 15.1. The zero-order chi connectivity index (χ0) is 21.8. The number of rotatable bonds is 8. The molecular weight excluding hydrogens is 436 g/mol. The zero-order valence-electron chi connectivity index (χ0n) is 17.1. The van der Waals surface area contributed by atoms with Gasteiger partial charge in [0.05, 0.1) is 36.3 Å². The molecule has 2 aliphatic heterocycles. The molecule has 0 spiro atoms. The van der Waals surface area contributed by atoms with Gasteiger partial charge in [0.2, 0.25) is 5.91 Å². The van der Waals surface area contributed by atoms with Crippen molar-refractivity contribution in [3.63, 3.8) is 0 Å². The summed E-state index contributed by atoms with van der Waals surface area (Å²) in [4.78, 5) is 23.6. The second-order valence-electron chi connectivity index (χ2n) is 7.30. The number of amidine groups is 1. The highest BCUT2D eigenvalue weighted by atomic mass is 35.5. The summed E-state index contributed by atoms with van der Waals surface area (Å²) in [5, 5.41) is 9.21. The molecule has 0 bridgehead atoms. The van der Waals surface area contributed by atoms with Crippen LogP contribution in [-0.2, 0) is 11.3 Å². The number of methoxy groups -OCH3 is 1. The molecule has 1 amide bonds. The second kappa shape index (κ2) is 9.72. The molecule has 0 radical (unpaired) electrons. The average molecular weight is 459 g/mol. The van der Waals surface area contributed by atoms with E-state index in [1.54, 1.807) is 24.4 Å². The standard InChI is InChI=1S/C22H23ClN4O3S/c1-30-19-11-18-16(10-20(19)31-8-4-2-3-5-21(28)26-29)22-25-17-9-15(23)7-6-14(17)12-27(22)13-24-18/h6-7,9-11,13,29H,2-5,8,12H2,1H3,(H,26,28). The minimum atomic E-state index is -0.342. The van der Waals surface area contributed by atoms with Gasteiger partial charge in [-0.25, -0.2) is 15.5 Å². The van der Waals surface area contributed by atoms with E-state index >= 15 is 0 Å². The molecule has 0 unspecified atom stereocenters. The van der Waals surface area contributed by atoms with E-state index in [0.717, 1.165) is 64.0 Å². The molecule has 9 heteroatoms. The predicted octanol–water partition coefficient (Wildman–Crippen LogP) is 5.07.